The van der Waals surface area contributed by atoms with Gasteiger partial charge >= 0.3 is 0 Å². The molecule has 2 saturated heterocycles. The number of amides is 1. The van der Waals surface area contributed by atoms with Crippen LogP contribution in [0.3, 0.4) is 0 Å². The number of halogens is 1. The van der Waals surface area contributed by atoms with Gasteiger partial charge in [-0.15, -0.1) is 24.0 Å². The van der Waals surface area contributed by atoms with E-state index in [-0.39, 0.29) is 29.9 Å². The number of rotatable bonds is 10. The van der Waals surface area contributed by atoms with Crippen LogP contribution in [-0.2, 0) is 11.2 Å². The maximum Gasteiger partial charge on any atom is 0.223 e. The second kappa shape index (κ2) is 14.8. The topological polar surface area (TPSA) is 63.2 Å². The first-order valence-corrected chi connectivity index (χ1v) is 12.4. The molecule has 1 aromatic carbocycles. The highest BCUT2D eigenvalue weighted by Crippen LogP contribution is 2.17. The van der Waals surface area contributed by atoms with Gasteiger partial charge in [0.15, 0.2) is 5.96 Å². The number of carbonyl (C=O) groups is 1. The van der Waals surface area contributed by atoms with Crippen LogP contribution in [0.25, 0.3) is 0 Å². The van der Waals surface area contributed by atoms with Gasteiger partial charge in [-0.1, -0.05) is 37.3 Å². The Balaban J connectivity index is 0.00000385. The van der Waals surface area contributed by atoms with Gasteiger partial charge in [-0.2, -0.15) is 0 Å². The van der Waals surface area contributed by atoms with Gasteiger partial charge in [-0.05, 0) is 32.4 Å². The van der Waals surface area contributed by atoms with Crippen molar-refractivity contribution in [2.45, 2.75) is 39.7 Å². The molecular weight excluding hydrogens is 527 g/mol. The Kier molecular flexibility index (Phi) is 12.5. The van der Waals surface area contributed by atoms with Crippen molar-refractivity contribution in [3.8, 4) is 0 Å². The third-order valence-electron chi connectivity index (χ3n) is 6.70. The number of hydrogen-bond acceptors (Lipinski definition) is 4. The summed E-state index contributed by atoms with van der Waals surface area (Å²) in [6, 6.07) is 10.8. The number of nitrogens with one attached hydrogen (secondary N) is 2. The van der Waals surface area contributed by atoms with Gasteiger partial charge in [-0.25, -0.2) is 0 Å². The first-order valence-electron chi connectivity index (χ1n) is 12.4. The van der Waals surface area contributed by atoms with Crippen molar-refractivity contribution < 1.29 is 4.79 Å². The Hall–Kier alpha value is -1.39. The molecule has 2 aliphatic rings. The van der Waals surface area contributed by atoms with E-state index in [1.807, 2.05) is 11.0 Å². The van der Waals surface area contributed by atoms with Crippen molar-refractivity contribution >= 4 is 35.8 Å². The van der Waals surface area contributed by atoms with Gasteiger partial charge in [0.1, 0.15) is 0 Å². The Morgan fingerprint density at radius 1 is 1.12 bits per heavy atom. The maximum absolute atomic E-state index is 12.5. The number of benzene rings is 1. The Morgan fingerprint density at radius 3 is 2.52 bits per heavy atom. The smallest absolute Gasteiger partial charge is 0.223 e. The van der Waals surface area contributed by atoms with Crippen LogP contribution >= 0.6 is 24.0 Å². The largest absolute Gasteiger partial charge is 0.357 e. The number of guanidine groups is 1. The van der Waals surface area contributed by atoms with Crippen LogP contribution in [0.4, 0.5) is 0 Å². The summed E-state index contributed by atoms with van der Waals surface area (Å²) >= 11 is 0. The van der Waals surface area contributed by atoms with Gasteiger partial charge in [0.25, 0.3) is 0 Å². The molecule has 33 heavy (non-hydrogen) atoms. The van der Waals surface area contributed by atoms with Crippen molar-refractivity contribution in [1.29, 1.82) is 0 Å². The Morgan fingerprint density at radius 2 is 1.85 bits per heavy atom. The molecule has 2 atom stereocenters. The molecule has 0 aromatic heterocycles. The molecule has 1 aromatic rings. The average molecular weight is 571 g/mol. The molecule has 3 rings (SSSR count). The second-order valence-electron chi connectivity index (χ2n) is 9.07. The van der Waals surface area contributed by atoms with Crippen molar-refractivity contribution in [3.05, 3.63) is 35.9 Å². The fourth-order valence-electron chi connectivity index (χ4n) is 4.56. The summed E-state index contributed by atoms with van der Waals surface area (Å²) in [5, 5.41) is 6.85. The van der Waals surface area contributed by atoms with E-state index < -0.39 is 0 Å². The lowest BCUT2D eigenvalue weighted by molar-refractivity contribution is -0.127. The number of piperazine rings is 1. The minimum absolute atomic E-state index is 0. The highest BCUT2D eigenvalue weighted by Gasteiger charge is 2.29. The third-order valence-corrected chi connectivity index (χ3v) is 6.70. The standard InChI is InChI=1S/C25H42N6O.HI/c1-4-26-25(27-18-21(3)30-15-13-29(5-2)14-16-30)28-19-23-17-24(32)31(20-23)12-11-22-9-7-6-8-10-22;/h6-10,21,23H,4-5,11-20H2,1-3H3,(H2,26,27,28);1H. The zero-order chi connectivity index (χ0) is 22.8. The number of likely N-dealkylation sites (N-methyl/N-ethyl adjacent to an activating group) is 1. The van der Waals surface area contributed by atoms with Crippen molar-refractivity contribution in [2.24, 2.45) is 10.9 Å². The predicted octanol–water partition coefficient (Wildman–Crippen LogP) is 2.28. The van der Waals surface area contributed by atoms with Crippen molar-refractivity contribution in [1.82, 2.24) is 25.3 Å². The van der Waals surface area contributed by atoms with Crippen molar-refractivity contribution in [3.63, 3.8) is 0 Å². The normalized spacial score (nSPS) is 21.1. The summed E-state index contributed by atoms with van der Waals surface area (Å²) in [5.74, 6) is 1.47. The fourth-order valence-corrected chi connectivity index (χ4v) is 4.56. The minimum Gasteiger partial charge on any atom is -0.357 e. The molecule has 0 saturated carbocycles. The molecule has 8 heteroatoms. The SMILES string of the molecule is CCNC(=NCC(C)N1CCN(CC)CC1)NCC1CC(=O)N(CCc2ccccc2)C1.I. The lowest BCUT2D eigenvalue weighted by Crippen LogP contribution is -2.50. The van der Waals surface area contributed by atoms with Crippen LogP contribution < -0.4 is 10.6 Å². The predicted molar refractivity (Wildman–Crippen MR) is 147 cm³/mol. The van der Waals surface area contributed by atoms with Gasteiger partial charge in [0, 0.05) is 70.7 Å². The monoisotopic (exact) mass is 570 g/mol. The van der Waals surface area contributed by atoms with Gasteiger partial charge in [0.05, 0.1) is 6.54 Å². The minimum atomic E-state index is 0. The zero-order valence-corrected chi connectivity index (χ0v) is 23.0. The molecule has 2 unspecified atom stereocenters. The van der Waals surface area contributed by atoms with E-state index in [0.717, 1.165) is 77.8 Å². The lowest BCUT2D eigenvalue weighted by atomic mass is 10.1. The van der Waals surface area contributed by atoms with Crippen LogP contribution in [0.1, 0.15) is 32.8 Å². The number of hydrogen-bond donors (Lipinski definition) is 2. The Bertz CT molecular complexity index is 723. The molecule has 2 aliphatic heterocycles. The van der Waals surface area contributed by atoms with Crippen LogP contribution in [0, 0.1) is 5.92 Å². The Labute approximate surface area is 217 Å². The molecule has 0 bridgehead atoms. The fraction of sp³-hybridized carbons (Fsp3) is 0.680. The highest BCUT2D eigenvalue weighted by molar-refractivity contribution is 14.0. The molecule has 186 valence electrons. The number of nitrogens with zero attached hydrogens (tertiary/aromatic N) is 4. The molecule has 2 N–H and O–H groups in total. The molecule has 0 radical (unpaired) electrons. The second-order valence-corrected chi connectivity index (χ2v) is 9.07. The van der Waals surface area contributed by atoms with Crippen LogP contribution in [0.5, 0.6) is 0 Å². The van der Waals surface area contributed by atoms with E-state index in [0.29, 0.717) is 18.4 Å². The quantitative estimate of drug-likeness (QED) is 0.257. The molecule has 7 nitrogen and oxygen atoms in total. The molecule has 2 fully saturated rings. The third kappa shape index (κ3) is 9.05. The molecule has 0 spiro atoms. The summed E-state index contributed by atoms with van der Waals surface area (Å²) in [7, 11) is 0. The number of aliphatic imine (C=N–C) groups is 1. The van der Waals surface area contributed by atoms with Crippen molar-refractivity contribution in [2.75, 3.05) is 65.4 Å². The molecular formula is C25H43IN6O. The number of likely N-dealkylation sites (tertiary alicyclic amines) is 1. The van der Waals surface area contributed by atoms with E-state index in [1.165, 1.54) is 5.56 Å². The average Bonchev–Trinajstić information content (AvgIpc) is 3.19. The summed E-state index contributed by atoms with van der Waals surface area (Å²) in [4.78, 5) is 24.4. The summed E-state index contributed by atoms with van der Waals surface area (Å²) in [6.45, 7) is 16.3. The lowest BCUT2D eigenvalue weighted by Gasteiger charge is -2.37. The van der Waals surface area contributed by atoms with Gasteiger partial charge in [-0.3, -0.25) is 14.7 Å². The summed E-state index contributed by atoms with van der Waals surface area (Å²) in [6.07, 6.45) is 1.54. The first kappa shape index (κ1) is 27.9. The zero-order valence-electron chi connectivity index (χ0n) is 20.6. The first-order chi connectivity index (χ1) is 15.6. The van der Waals surface area contributed by atoms with E-state index in [4.69, 9.17) is 4.99 Å². The van der Waals surface area contributed by atoms with Crippen LogP contribution in [-0.4, -0.2) is 98.1 Å². The molecule has 0 aliphatic carbocycles. The van der Waals surface area contributed by atoms with Crippen LogP contribution in [0.15, 0.2) is 35.3 Å². The highest BCUT2D eigenvalue weighted by atomic mass is 127. The molecule has 1 amide bonds. The summed E-state index contributed by atoms with van der Waals surface area (Å²) in [5.41, 5.74) is 1.29. The summed E-state index contributed by atoms with van der Waals surface area (Å²) < 4.78 is 0. The van der Waals surface area contributed by atoms with E-state index in [1.54, 1.807) is 0 Å². The van der Waals surface area contributed by atoms with E-state index in [9.17, 15) is 4.79 Å². The van der Waals surface area contributed by atoms with Gasteiger partial charge < -0.3 is 20.4 Å². The maximum atomic E-state index is 12.5. The van der Waals surface area contributed by atoms with E-state index >= 15 is 0 Å². The van der Waals surface area contributed by atoms with Gasteiger partial charge in [0.2, 0.25) is 5.91 Å². The molecule has 2 heterocycles. The van der Waals surface area contributed by atoms with E-state index in [2.05, 4.69) is 65.5 Å². The van der Waals surface area contributed by atoms with Crippen LogP contribution in [0.2, 0.25) is 0 Å². The number of carbonyl (C=O) groups excluding carboxylic acids is 1.